The van der Waals surface area contributed by atoms with Crippen molar-refractivity contribution in [3.63, 3.8) is 0 Å². The summed E-state index contributed by atoms with van der Waals surface area (Å²) >= 11 is 0. The van der Waals surface area contributed by atoms with E-state index in [1.165, 1.54) is 5.56 Å². The highest BCUT2D eigenvalue weighted by Gasteiger charge is 2.17. The van der Waals surface area contributed by atoms with Gasteiger partial charge in [0, 0.05) is 25.3 Å². The molecule has 2 aromatic rings. The lowest BCUT2D eigenvalue weighted by atomic mass is 10.1. The largest absolute Gasteiger partial charge is 0.336 e. The first kappa shape index (κ1) is 14.3. The van der Waals surface area contributed by atoms with Crippen molar-refractivity contribution in [2.45, 2.75) is 13.3 Å². The average molecular weight is 272 g/mol. The highest BCUT2D eigenvalue weighted by Crippen LogP contribution is 2.06. The lowest BCUT2D eigenvalue weighted by molar-refractivity contribution is 0.0756. The van der Waals surface area contributed by atoms with E-state index in [-0.39, 0.29) is 5.91 Å². The number of nitrogens with two attached hydrogens (primary N) is 1. The van der Waals surface area contributed by atoms with E-state index in [1.54, 1.807) is 11.0 Å². The second-order valence-corrected chi connectivity index (χ2v) is 4.75. The summed E-state index contributed by atoms with van der Waals surface area (Å²) in [5, 5.41) is 6.81. The number of amides is 1. The maximum absolute atomic E-state index is 12.4. The lowest BCUT2D eigenvalue weighted by Crippen LogP contribution is -2.37. The number of H-pyrrole nitrogens is 1. The molecule has 0 saturated heterocycles. The highest BCUT2D eigenvalue weighted by molar-refractivity contribution is 5.92. The van der Waals surface area contributed by atoms with Gasteiger partial charge in [-0.05, 0) is 25.0 Å². The van der Waals surface area contributed by atoms with Crippen molar-refractivity contribution in [3.05, 3.63) is 53.3 Å². The Hall–Kier alpha value is -2.14. The summed E-state index contributed by atoms with van der Waals surface area (Å²) in [5.41, 5.74) is 8.13. The van der Waals surface area contributed by atoms with Crippen LogP contribution in [0.1, 0.15) is 21.7 Å². The number of aromatic amines is 1. The molecule has 0 aliphatic rings. The third-order valence-corrected chi connectivity index (χ3v) is 3.12. The van der Waals surface area contributed by atoms with Crippen LogP contribution in [0.4, 0.5) is 0 Å². The quantitative estimate of drug-likeness (QED) is 0.833. The average Bonchev–Trinajstić information content (AvgIpc) is 2.90. The van der Waals surface area contributed by atoms with Crippen LogP contribution in [0, 0.1) is 6.92 Å². The van der Waals surface area contributed by atoms with E-state index in [0.29, 0.717) is 25.3 Å². The normalized spacial score (nSPS) is 10.5. The Labute approximate surface area is 118 Å². The molecule has 5 nitrogen and oxygen atoms in total. The maximum Gasteiger partial charge on any atom is 0.274 e. The predicted octanol–water partition coefficient (Wildman–Crippen LogP) is 1.36. The number of benzene rings is 1. The van der Waals surface area contributed by atoms with Crippen LogP contribution in [0.15, 0.2) is 36.4 Å². The molecule has 2 rings (SSSR count). The molecule has 1 aromatic carbocycles. The van der Waals surface area contributed by atoms with Crippen LogP contribution in [0.25, 0.3) is 0 Å². The van der Waals surface area contributed by atoms with E-state index in [0.717, 1.165) is 12.1 Å². The van der Waals surface area contributed by atoms with Crippen LogP contribution < -0.4 is 5.73 Å². The van der Waals surface area contributed by atoms with E-state index in [4.69, 9.17) is 5.73 Å². The van der Waals surface area contributed by atoms with Crippen LogP contribution in [-0.4, -0.2) is 40.6 Å². The van der Waals surface area contributed by atoms with Crippen LogP contribution in [-0.2, 0) is 6.42 Å². The number of hydrogen-bond acceptors (Lipinski definition) is 3. The molecule has 20 heavy (non-hydrogen) atoms. The van der Waals surface area contributed by atoms with Gasteiger partial charge in [0.25, 0.3) is 5.91 Å². The maximum atomic E-state index is 12.4. The van der Waals surface area contributed by atoms with Gasteiger partial charge in [0.2, 0.25) is 0 Å². The first-order valence-electron chi connectivity index (χ1n) is 6.76. The van der Waals surface area contributed by atoms with Crippen LogP contribution in [0.3, 0.4) is 0 Å². The molecule has 106 valence electrons. The third kappa shape index (κ3) is 3.68. The number of carbonyl (C=O) groups excluding carboxylic acids is 1. The van der Waals surface area contributed by atoms with Crippen molar-refractivity contribution in [1.82, 2.24) is 15.1 Å². The van der Waals surface area contributed by atoms with Crippen LogP contribution in [0.2, 0.25) is 0 Å². The van der Waals surface area contributed by atoms with E-state index >= 15 is 0 Å². The van der Waals surface area contributed by atoms with Crippen molar-refractivity contribution in [2.24, 2.45) is 5.73 Å². The fraction of sp³-hybridized carbons (Fsp3) is 0.333. The molecule has 0 aliphatic heterocycles. The Kier molecular flexibility index (Phi) is 4.90. The zero-order chi connectivity index (χ0) is 14.4. The molecule has 0 bridgehead atoms. The Balaban J connectivity index is 2.01. The molecule has 0 aliphatic carbocycles. The zero-order valence-electron chi connectivity index (χ0n) is 11.7. The Morgan fingerprint density at radius 3 is 2.65 bits per heavy atom. The van der Waals surface area contributed by atoms with Gasteiger partial charge in [-0.1, -0.05) is 30.3 Å². The molecular weight excluding hydrogens is 252 g/mol. The minimum atomic E-state index is -0.0734. The minimum Gasteiger partial charge on any atom is -0.336 e. The Bertz CT molecular complexity index is 550. The van der Waals surface area contributed by atoms with E-state index < -0.39 is 0 Å². The first-order chi connectivity index (χ1) is 9.70. The Morgan fingerprint density at radius 1 is 1.30 bits per heavy atom. The molecular formula is C15H20N4O. The smallest absolute Gasteiger partial charge is 0.274 e. The minimum absolute atomic E-state index is 0.0734. The zero-order valence-corrected chi connectivity index (χ0v) is 11.7. The molecule has 1 aromatic heterocycles. The topological polar surface area (TPSA) is 75.0 Å². The molecule has 5 heteroatoms. The van der Waals surface area contributed by atoms with Gasteiger partial charge in [0.05, 0.1) is 0 Å². The molecule has 0 radical (unpaired) electrons. The van der Waals surface area contributed by atoms with Gasteiger partial charge in [-0.25, -0.2) is 0 Å². The van der Waals surface area contributed by atoms with Crippen LogP contribution >= 0.6 is 0 Å². The molecule has 0 fully saturated rings. The van der Waals surface area contributed by atoms with Gasteiger partial charge in [-0.3, -0.25) is 9.89 Å². The number of nitrogens with one attached hydrogen (secondary N) is 1. The molecule has 3 N–H and O–H groups in total. The Morgan fingerprint density at radius 2 is 2.05 bits per heavy atom. The van der Waals surface area contributed by atoms with E-state index in [1.807, 2.05) is 25.1 Å². The summed E-state index contributed by atoms with van der Waals surface area (Å²) in [6.45, 7) is 3.51. The van der Waals surface area contributed by atoms with E-state index in [2.05, 4.69) is 22.3 Å². The molecule has 0 atom stereocenters. The molecule has 1 heterocycles. The summed E-state index contributed by atoms with van der Waals surface area (Å²) in [6.07, 6.45) is 0.815. The lowest BCUT2D eigenvalue weighted by Gasteiger charge is -2.21. The van der Waals surface area contributed by atoms with Gasteiger partial charge in [0.15, 0.2) is 0 Å². The molecule has 0 spiro atoms. The fourth-order valence-electron chi connectivity index (χ4n) is 2.07. The summed E-state index contributed by atoms with van der Waals surface area (Å²) < 4.78 is 0. The number of aromatic nitrogens is 2. The summed E-state index contributed by atoms with van der Waals surface area (Å²) in [4.78, 5) is 14.1. The number of nitrogens with zero attached hydrogens (tertiary/aromatic N) is 2. The number of rotatable bonds is 6. The number of carbonyl (C=O) groups is 1. The summed E-state index contributed by atoms with van der Waals surface area (Å²) in [7, 11) is 0. The summed E-state index contributed by atoms with van der Waals surface area (Å²) in [6, 6.07) is 11.9. The van der Waals surface area contributed by atoms with Crippen molar-refractivity contribution in [1.29, 1.82) is 0 Å². The van der Waals surface area contributed by atoms with Gasteiger partial charge < -0.3 is 10.6 Å². The van der Waals surface area contributed by atoms with Crippen molar-refractivity contribution in [2.75, 3.05) is 19.6 Å². The van der Waals surface area contributed by atoms with Crippen molar-refractivity contribution in [3.8, 4) is 0 Å². The van der Waals surface area contributed by atoms with Crippen molar-refractivity contribution >= 4 is 5.91 Å². The van der Waals surface area contributed by atoms with Gasteiger partial charge in [-0.15, -0.1) is 0 Å². The third-order valence-electron chi connectivity index (χ3n) is 3.12. The standard InChI is InChI=1S/C15H20N4O/c1-12-11-14(18-17-12)15(20)19(10-8-16)9-7-13-5-3-2-4-6-13/h2-6,11H,7-10,16H2,1H3,(H,17,18). The summed E-state index contributed by atoms with van der Waals surface area (Å²) in [5.74, 6) is -0.0734. The number of hydrogen-bond donors (Lipinski definition) is 2. The first-order valence-corrected chi connectivity index (χ1v) is 6.76. The van der Waals surface area contributed by atoms with Crippen molar-refractivity contribution < 1.29 is 4.79 Å². The molecule has 0 unspecified atom stereocenters. The molecule has 0 saturated carbocycles. The van der Waals surface area contributed by atoms with Gasteiger partial charge in [0.1, 0.15) is 5.69 Å². The number of aryl methyl sites for hydroxylation is 1. The van der Waals surface area contributed by atoms with Crippen LogP contribution in [0.5, 0.6) is 0 Å². The predicted molar refractivity (Wildman–Crippen MR) is 78.4 cm³/mol. The fourth-order valence-corrected chi connectivity index (χ4v) is 2.07. The highest BCUT2D eigenvalue weighted by atomic mass is 16.2. The van der Waals surface area contributed by atoms with E-state index in [9.17, 15) is 4.79 Å². The molecule has 1 amide bonds. The van der Waals surface area contributed by atoms with Gasteiger partial charge >= 0.3 is 0 Å². The second-order valence-electron chi connectivity index (χ2n) is 4.75. The van der Waals surface area contributed by atoms with Gasteiger partial charge in [-0.2, -0.15) is 5.10 Å². The SMILES string of the molecule is Cc1cc(C(=O)N(CCN)CCc2ccccc2)n[nH]1. The second kappa shape index (κ2) is 6.86. The monoisotopic (exact) mass is 272 g/mol.